The van der Waals surface area contributed by atoms with Crippen molar-refractivity contribution in [2.24, 2.45) is 0 Å². The lowest BCUT2D eigenvalue weighted by atomic mass is 9.99. The number of aromatic nitrogens is 1. The third-order valence-corrected chi connectivity index (χ3v) is 6.99. The molecule has 0 fully saturated rings. The highest BCUT2D eigenvalue weighted by Gasteiger charge is 2.23. The summed E-state index contributed by atoms with van der Waals surface area (Å²) in [6.07, 6.45) is 0.545. The second kappa shape index (κ2) is 12.0. The van der Waals surface area contributed by atoms with Crippen molar-refractivity contribution < 1.29 is 9.59 Å². The Morgan fingerprint density at radius 1 is 0.892 bits per heavy atom. The van der Waals surface area contributed by atoms with Crippen LogP contribution in [-0.4, -0.2) is 22.0 Å². The summed E-state index contributed by atoms with van der Waals surface area (Å²) in [7, 11) is 0. The lowest BCUT2D eigenvalue weighted by Gasteiger charge is -2.17. The number of benzene rings is 3. The lowest BCUT2D eigenvalue weighted by Crippen LogP contribution is -2.25. The molecule has 1 aromatic heterocycles. The van der Waals surface area contributed by atoms with Crippen LogP contribution in [0.25, 0.3) is 22.4 Å². The van der Waals surface area contributed by atoms with Gasteiger partial charge in [0.1, 0.15) is 11.1 Å². The molecule has 1 unspecified atom stereocenters. The number of carbonyl (C=O) groups excluding carboxylic acids is 2. The van der Waals surface area contributed by atoms with Gasteiger partial charge in [0.15, 0.2) is 0 Å². The molecule has 37 heavy (non-hydrogen) atoms. The number of anilines is 2. The molecular formula is C30H26N4O2S. The summed E-state index contributed by atoms with van der Waals surface area (Å²) in [4.78, 5) is 29.3. The Bertz CT molecular complexity index is 1430. The summed E-state index contributed by atoms with van der Waals surface area (Å²) >= 11 is 1.29. The van der Waals surface area contributed by atoms with Crippen LogP contribution in [0.15, 0.2) is 96.0 Å². The van der Waals surface area contributed by atoms with Crippen molar-refractivity contribution in [2.45, 2.75) is 30.5 Å². The SMILES string of the molecule is CCC(Sc1nc(-c2ccccc2)cc(-c2ccccc2)c1C#N)C(=O)Nc1ccc(NC(C)=O)cc1. The molecule has 0 saturated carbocycles. The number of rotatable bonds is 8. The third-order valence-electron chi connectivity index (χ3n) is 5.64. The van der Waals surface area contributed by atoms with E-state index >= 15 is 0 Å². The molecule has 4 rings (SSSR count). The highest BCUT2D eigenvalue weighted by atomic mass is 32.2. The van der Waals surface area contributed by atoms with Crippen LogP contribution >= 0.6 is 11.8 Å². The van der Waals surface area contributed by atoms with Crippen LogP contribution in [0.2, 0.25) is 0 Å². The number of nitriles is 1. The number of amides is 2. The van der Waals surface area contributed by atoms with Crippen LogP contribution in [0, 0.1) is 11.3 Å². The van der Waals surface area contributed by atoms with Crippen LogP contribution in [0.5, 0.6) is 0 Å². The topological polar surface area (TPSA) is 94.9 Å². The Balaban J connectivity index is 1.66. The van der Waals surface area contributed by atoms with Gasteiger partial charge in [-0.2, -0.15) is 5.26 Å². The molecule has 0 aliphatic carbocycles. The second-order valence-corrected chi connectivity index (χ2v) is 9.53. The number of thioether (sulfide) groups is 1. The zero-order valence-corrected chi connectivity index (χ0v) is 21.4. The summed E-state index contributed by atoms with van der Waals surface area (Å²) < 4.78 is 0. The minimum Gasteiger partial charge on any atom is -0.326 e. The average Bonchev–Trinajstić information content (AvgIpc) is 2.93. The van der Waals surface area contributed by atoms with Crippen LogP contribution in [0.4, 0.5) is 11.4 Å². The van der Waals surface area contributed by atoms with Gasteiger partial charge in [-0.15, -0.1) is 0 Å². The first-order valence-electron chi connectivity index (χ1n) is 11.9. The summed E-state index contributed by atoms with van der Waals surface area (Å²) in [6, 6.07) is 30.7. The first-order valence-corrected chi connectivity index (χ1v) is 12.8. The Morgan fingerprint density at radius 2 is 1.46 bits per heavy atom. The van der Waals surface area contributed by atoms with E-state index in [9.17, 15) is 14.9 Å². The van der Waals surface area contributed by atoms with E-state index in [1.165, 1.54) is 18.7 Å². The van der Waals surface area contributed by atoms with Gasteiger partial charge >= 0.3 is 0 Å². The fourth-order valence-electron chi connectivity index (χ4n) is 3.84. The quantitative estimate of drug-likeness (QED) is 0.258. The summed E-state index contributed by atoms with van der Waals surface area (Å²) in [5, 5.41) is 15.8. The van der Waals surface area contributed by atoms with Crippen molar-refractivity contribution in [1.29, 1.82) is 5.26 Å². The molecule has 6 nitrogen and oxygen atoms in total. The Labute approximate surface area is 220 Å². The predicted molar refractivity (Wildman–Crippen MR) is 149 cm³/mol. The van der Waals surface area contributed by atoms with Crippen molar-refractivity contribution in [3.8, 4) is 28.5 Å². The number of carbonyl (C=O) groups is 2. The van der Waals surface area contributed by atoms with Crippen LogP contribution in [0.3, 0.4) is 0 Å². The van der Waals surface area contributed by atoms with E-state index in [0.717, 1.165) is 22.4 Å². The van der Waals surface area contributed by atoms with E-state index in [1.807, 2.05) is 73.7 Å². The molecule has 0 radical (unpaired) electrons. The zero-order chi connectivity index (χ0) is 26.2. The Kier molecular flexibility index (Phi) is 8.34. The molecule has 0 aliphatic rings. The number of hydrogen-bond donors (Lipinski definition) is 2. The van der Waals surface area contributed by atoms with Crippen molar-refractivity contribution in [3.63, 3.8) is 0 Å². The van der Waals surface area contributed by atoms with Crippen LogP contribution in [0.1, 0.15) is 25.8 Å². The van der Waals surface area contributed by atoms with Crippen LogP contribution in [-0.2, 0) is 9.59 Å². The first-order chi connectivity index (χ1) is 18.0. The maximum Gasteiger partial charge on any atom is 0.237 e. The molecule has 0 spiro atoms. The molecule has 3 aromatic carbocycles. The molecule has 0 bridgehead atoms. The summed E-state index contributed by atoms with van der Waals surface area (Å²) in [5.74, 6) is -0.343. The van der Waals surface area contributed by atoms with E-state index in [0.29, 0.717) is 28.4 Å². The molecule has 0 saturated heterocycles. The van der Waals surface area contributed by atoms with E-state index in [-0.39, 0.29) is 11.8 Å². The summed E-state index contributed by atoms with van der Waals surface area (Å²) in [6.45, 7) is 3.38. The molecule has 4 aromatic rings. The van der Waals surface area contributed by atoms with Gasteiger partial charge in [0.05, 0.1) is 16.5 Å². The van der Waals surface area contributed by atoms with E-state index in [2.05, 4.69) is 16.7 Å². The molecule has 2 amide bonds. The van der Waals surface area contributed by atoms with Gasteiger partial charge in [0.25, 0.3) is 0 Å². The number of nitrogens with zero attached hydrogens (tertiary/aromatic N) is 2. The normalized spacial score (nSPS) is 11.3. The fraction of sp³-hybridized carbons (Fsp3) is 0.133. The van der Waals surface area contributed by atoms with Gasteiger partial charge in [0, 0.05) is 29.4 Å². The summed E-state index contributed by atoms with van der Waals surface area (Å²) in [5.41, 5.74) is 5.09. The molecule has 2 N–H and O–H groups in total. The van der Waals surface area contributed by atoms with Crippen LogP contribution < -0.4 is 10.6 Å². The number of hydrogen-bond acceptors (Lipinski definition) is 5. The molecule has 0 aliphatic heterocycles. The Hall–Kier alpha value is -4.41. The standard InChI is InChI=1S/C30H26N4O2S/c1-3-28(29(36)33-24-16-14-23(15-17-24)32-20(2)35)37-30-26(19-31)25(21-10-6-4-7-11-21)18-27(34-30)22-12-8-5-9-13-22/h4-18,28H,3H2,1-2H3,(H,32,35)(H,33,36). The van der Waals surface area contributed by atoms with Crippen molar-refractivity contribution in [1.82, 2.24) is 4.98 Å². The minimum atomic E-state index is -0.468. The zero-order valence-electron chi connectivity index (χ0n) is 20.6. The first kappa shape index (κ1) is 25.7. The molecule has 7 heteroatoms. The number of nitrogens with one attached hydrogen (secondary N) is 2. The fourth-order valence-corrected chi connectivity index (χ4v) is 4.86. The largest absolute Gasteiger partial charge is 0.326 e. The van der Waals surface area contributed by atoms with Gasteiger partial charge < -0.3 is 10.6 Å². The average molecular weight is 507 g/mol. The van der Waals surface area contributed by atoms with E-state index < -0.39 is 5.25 Å². The predicted octanol–water partition coefficient (Wildman–Crippen LogP) is 6.76. The smallest absolute Gasteiger partial charge is 0.237 e. The minimum absolute atomic E-state index is 0.160. The Morgan fingerprint density at radius 3 is 2.00 bits per heavy atom. The van der Waals surface area contributed by atoms with Gasteiger partial charge in [-0.25, -0.2) is 4.98 Å². The van der Waals surface area contributed by atoms with Gasteiger partial charge in [0.2, 0.25) is 11.8 Å². The van der Waals surface area contributed by atoms with Crippen molar-refractivity contribution in [3.05, 3.63) is 96.6 Å². The second-order valence-electron chi connectivity index (χ2n) is 8.34. The molecule has 184 valence electrons. The van der Waals surface area contributed by atoms with Gasteiger partial charge in [-0.1, -0.05) is 79.3 Å². The molecular weight excluding hydrogens is 480 g/mol. The van der Waals surface area contributed by atoms with E-state index in [4.69, 9.17) is 4.98 Å². The lowest BCUT2D eigenvalue weighted by molar-refractivity contribution is -0.116. The van der Waals surface area contributed by atoms with Crippen molar-refractivity contribution >= 4 is 35.0 Å². The highest BCUT2D eigenvalue weighted by molar-refractivity contribution is 8.00. The van der Waals surface area contributed by atoms with Crippen molar-refractivity contribution in [2.75, 3.05) is 10.6 Å². The number of pyridine rings is 1. The maximum absolute atomic E-state index is 13.2. The maximum atomic E-state index is 13.2. The third kappa shape index (κ3) is 6.43. The monoisotopic (exact) mass is 506 g/mol. The van der Waals surface area contributed by atoms with Gasteiger partial charge in [-0.3, -0.25) is 9.59 Å². The van der Waals surface area contributed by atoms with E-state index in [1.54, 1.807) is 24.3 Å². The highest BCUT2D eigenvalue weighted by Crippen LogP contribution is 2.36. The molecule has 1 atom stereocenters. The molecule has 1 heterocycles. The van der Waals surface area contributed by atoms with Gasteiger partial charge in [-0.05, 0) is 42.3 Å².